The summed E-state index contributed by atoms with van der Waals surface area (Å²) in [7, 11) is 0. The molecule has 2 rings (SSSR count). The molecule has 0 saturated heterocycles. The van der Waals surface area contributed by atoms with Crippen LogP contribution in [0.2, 0.25) is 0 Å². The Balaban J connectivity index is 1.77. The summed E-state index contributed by atoms with van der Waals surface area (Å²) in [5.41, 5.74) is 1.35. The fraction of sp³-hybridized carbons (Fsp3) is 0.500. The molecule has 0 aliphatic rings. The van der Waals surface area contributed by atoms with Gasteiger partial charge in [0, 0.05) is 24.2 Å². The second kappa shape index (κ2) is 12.5. The van der Waals surface area contributed by atoms with E-state index in [0.717, 1.165) is 53.8 Å². The average molecular weight is 421 g/mol. The van der Waals surface area contributed by atoms with Gasteiger partial charge in [-0.2, -0.15) is 0 Å². The zero-order chi connectivity index (χ0) is 20.2. The van der Waals surface area contributed by atoms with Gasteiger partial charge in [0.2, 0.25) is 11.0 Å². The summed E-state index contributed by atoms with van der Waals surface area (Å²) in [6, 6.07) is 7.05. The van der Waals surface area contributed by atoms with E-state index in [4.69, 9.17) is 0 Å². The van der Waals surface area contributed by atoms with Crippen molar-refractivity contribution in [1.29, 1.82) is 0 Å². The zero-order valence-corrected chi connectivity index (χ0v) is 18.1. The number of carbonyl (C=O) groups excluding carboxylic acids is 2. The lowest BCUT2D eigenvalue weighted by molar-refractivity contribution is -0.116. The van der Waals surface area contributed by atoms with E-state index in [2.05, 4.69) is 34.7 Å². The Morgan fingerprint density at radius 3 is 2.50 bits per heavy atom. The van der Waals surface area contributed by atoms with Crippen LogP contribution in [0, 0.1) is 0 Å². The predicted molar refractivity (Wildman–Crippen MR) is 118 cm³/mol. The average Bonchev–Trinajstić information content (AvgIpc) is 3.15. The molecule has 0 saturated carbocycles. The second-order valence-electron chi connectivity index (χ2n) is 6.45. The number of hydrogen-bond donors (Lipinski definition) is 2. The summed E-state index contributed by atoms with van der Waals surface area (Å²) in [6.07, 6.45) is 5.80. The summed E-state index contributed by atoms with van der Waals surface area (Å²) in [6.45, 7) is 5.14. The number of rotatable bonds is 13. The molecule has 0 fully saturated rings. The molecule has 1 heterocycles. The summed E-state index contributed by atoms with van der Waals surface area (Å²) in [5.74, 6) is 0.357. The van der Waals surface area contributed by atoms with E-state index < -0.39 is 0 Å². The van der Waals surface area contributed by atoms with Gasteiger partial charge in [-0.05, 0) is 37.1 Å². The molecule has 1 amide bonds. The highest BCUT2D eigenvalue weighted by Gasteiger charge is 2.10. The Hall–Kier alpha value is -1.93. The molecule has 28 heavy (non-hydrogen) atoms. The van der Waals surface area contributed by atoms with Crippen LogP contribution >= 0.6 is 23.1 Å². The van der Waals surface area contributed by atoms with Crippen LogP contribution < -0.4 is 10.6 Å². The van der Waals surface area contributed by atoms with Crippen molar-refractivity contribution < 1.29 is 9.59 Å². The van der Waals surface area contributed by atoms with Crippen molar-refractivity contribution in [2.24, 2.45) is 0 Å². The van der Waals surface area contributed by atoms with Crippen molar-refractivity contribution in [3.63, 3.8) is 0 Å². The monoisotopic (exact) mass is 420 g/mol. The van der Waals surface area contributed by atoms with Crippen LogP contribution in [0.3, 0.4) is 0 Å². The lowest BCUT2D eigenvalue weighted by Crippen LogP contribution is -2.11. The van der Waals surface area contributed by atoms with Crippen LogP contribution in [0.25, 0.3) is 0 Å². The number of thioether (sulfide) groups is 1. The van der Waals surface area contributed by atoms with Crippen molar-refractivity contribution in [1.82, 2.24) is 10.2 Å². The second-order valence-corrected chi connectivity index (χ2v) is 8.65. The normalized spacial score (nSPS) is 10.6. The number of nitrogens with zero attached hydrogens (tertiary/aromatic N) is 2. The number of nitrogens with one attached hydrogen (secondary N) is 2. The summed E-state index contributed by atoms with van der Waals surface area (Å²) in [4.78, 5) is 24.2. The number of carbonyl (C=O) groups is 2. The maximum atomic E-state index is 12.4. The van der Waals surface area contributed by atoms with Gasteiger partial charge in [0.1, 0.15) is 0 Å². The van der Waals surface area contributed by atoms with Crippen molar-refractivity contribution in [2.45, 2.75) is 56.7 Å². The smallest absolute Gasteiger partial charge is 0.224 e. The fourth-order valence-corrected chi connectivity index (χ4v) is 4.09. The Morgan fingerprint density at radius 1 is 1.04 bits per heavy atom. The molecule has 0 unspecified atom stereocenters. The minimum Gasteiger partial charge on any atom is -0.360 e. The number of amides is 1. The van der Waals surface area contributed by atoms with Gasteiger partial charge in [-0.3, -0.25) is 9.59 Å². The fourth-order valence-electron chi connectivity index (χ4n) is 2.42. The van der Waals surface area contributed by atoms with E-state index >= 15 is 0 Å². The number of aromatic nitrogens is 2. The molecule has 2 aromatic rings. The van der Waals surface area contributed by atoms with Gasteiger partial charge in [-0.25, -0.2) is 0 Å². The van der Waals surface area contributed by atoms with Crippen LogP contribution in [0.4, 0.5) is 10.8 Å². The lowest BCUT2D eigenvalue weighted by atomic mass is 10.1. The number of unbranched alkanes of at least 4 members (excludes halogenated alkanes) is 3. The van der Waals surface area contributed by atoms with E-state index in [1.54, 1.807) is 24.3 Å². The molecule has 1 aromatic heterocycles. The molecule has 2 N–H and O–H groups in total. The predicted octanol–water partition coefficient (Wildman–Crippen LogP) is 5.24. The van der Waals surface area contributed by atoms with Crippen LogP contribution in [0.5, 0.6) is 0 Å². The van der Waals surface area contributed by atoms with Gasteiger partial charge in [-0.1, -0.05) is 56.2 Å². The molecule has 6 nitrogen and oxygen atoms in total. The van der Waals surface area contributed by atoms with E-state index in [9.17, 15) is 9.59 Å². The van der Waals surface area contributed by atoms with Crippen LogP contribution in [-0.2, 0) is 4.79 Å². The third kappa shape index (κ3) is 7.98. The van der Waals surface area contributed by atoms with Crippen LogP contribution in [0.15, 0.2) is 28.6 Å². The maximum Gasteiger partial charge on any atom is 0.224 e. The quantitative estimate of drug-likeness (QED) is 0.262. The molecule has 0 spiro atoms. The third-order valence-corrected chi connectivity index (χ3v) is 6.05. The lowest BCUT2D eigenvalue weighted by Gasteiger charge is -2.06. The standard InChI is InChI=1S/C20H28N4O2S2/c1-3-5-7-8-18(26)22-16-11-9-15(10-12-16)17(25)14-27-20-24-23-19(28-20)21-13-6-4-2/h9-12H,3-8,13-14H2,1-2H3,(H,21,23)(H,22,26). The molecule has 1 aromatic carbocycles. The first-order valence-electron chi connectivity index (χ1n) is 9.75. The van der Waals surface area contributed by atoms with E-state index in [1.807, 2.05) is 0 Å². The first kappa shape index (κ1) is 22.4. The van der Waals surface area contributed by atoms with Crippen molar-refractivity contribution in [2.75, 3.05) is 22.9 Å². The van der Waals surface area contributed by atoms with E-state index in [1.165, 1.54) is 23.1 Å². The molecule has 0 radical (unpaired) electrons. The van der Waals surface area contributed by atoms with Gasteiger partial charge in [0.15, 0.2) is 10.1 Å². The van der Waals surface area contributed by atoms with Crippen molar-refractivity contribution in [3.05, 3.63) is 29.8 Å². The molecule has 152 valence electrons. The molecule has 8 heteroatoms. The maximum absolute atomic E-state index is 12.4. The van der Waals surface area contributed by atoms with Gasteiger partial charge in [0.05, 0.1) is 5.75 Å². The largest absolute Gasteiger partial charge is 0.360 e. The first-order valence-corrected chi connectivity index (χ1v) is 11.6. The number of Topliss-reactive ketones (excluding diaryl/α,β-unsaturated/α-hetero) is 1. The van der Waals surface area contributed by atoms with Crippen molar-refractivity contribution >= 4 is 45.6 Å². The Kier molecular flexibility index (Phi) is 9.99. The van der Waals surface area contributed by atoms with Gasteiger partial charge in [-0.15, -0.1) is 10.2 Å². The number of ketones is 1. The van der Waals surface area contributed by atoms with E-state index in [-0.39, 0.29) is 11.7 Å². The van der Waals surface area contributed by atoms with Gasteiger partial charge >= 0.3 is 0 Å². The molecule has 0 atom stereocenters. The zero-order valence-electron chi connectivity index (χ0n) is 16.5. The molecular weight excluding hydrogens is 392 g/mol. The Bertz CT molecular complexity index is 747. The van der Waals surface area contributed by atoms with Gasteiger partial charge < -0.3 is 10.6 Å². The number of benzene rings is 1. The van der Waals surface area contributed by atoms with E-state index in [0.29, 0.717) is 17.7 Å². The molecule has 0 bridgehead atoms. The minimum atomic E-state index is 0.0164. The Morgan fingerprint density at radius 2 is 1.79 bits per heavy atom. The SMILES string of the molecule is CCCCCC(=O)Nc1ccc(C(=O)CSc2nnc(NCCCC)s2)cc1. The minimum absolute atomic E-state index is 0.0164. The first-order chi connectivity index (χ1) is 13.6. The summed E-state index contributed by atoms with van der Waals surface area (Å²) >= 11 is 2.86. The number of hydrogen-bond acceptors (Lipinski definition) is 7. The highest BCUT2D eigenvalue weighted by molar-refractivity contribution is 8.01. The topological polar surface area (TPSA) is 84.0 Å². The third-order valence-electron chi connectivity index (χ3n) is 4.04. The highest BCUT2D eigenvalue weighted by atomic mass is 32.2. The molecule has 0 aliphatic carbocycles. The van der Waals surface area contributed by atoms with Crippen LogP contribution in [-0.4, -0.2) is 34.2 Å². The molecule has 0 aliphatic heterocycles. The highest BCUT2D eigenvalue weighted by Crippen LogP contribution is 2.26. The van der Waals surface area contributed by atoms with Crippen molar-refractivity contribution in [3.8, 4) is 0 Å². The summed E-state index contributed by atoms with van der Waals surface area (Å²) in [5, 5.41) is 15.1. The van der Waals surface area contributed by atoms with Crippen LogP contribution in [0.1, 0.15) is 62.7 Å². The molecular formula is C20H28N4O2S2. The summed E-state index contributed by atoms with van der Waals surface area (Å²) < 4.78 is 0.781. The van der Waals surface area contributed by atoms with Gasteiger partial charge in [0.25, 0.3) is 0 Å². The number of anilines is 2. The Labute approximate surface area is 174 Å².